The smallest absolute Gasteiger partial charge is 0.0860 e. The van der Waals surface area contributed by atoms with Gasteiger partial charge in [-0.1, -0.05) is 13.8 Å². The van der Waals surface area contributed by atoms with Gasteiger partial charge >= 0.3 is 0 Å². The van der Waals surface area contributed by atoms with Crippen LogP contribution in [0.4, 0.5) is 0 Å². The van der Waals surface area contributed by atoms with Gasteiger partial charge in [-0.25, -0.2) is 0 Å². The Morgan fingerprint density at radius 2 is 2.20 bits per heavy atom. The molecule has 0 saturated carbocycles. The number of nitrogens with one attached hydrogen (secondary N) is 1. The number of rotatable bonds is 6. The fourth-order valence-electron chi connectivity index (χ4n) is 1.39. The van der Waals surface area contributed by atoms with Crippen molar-refractivity contribution in [1.82, 2.24) is 15.1 Å². The Kier molecular flexibility index (Phi) is 4.78. The summed E-state index contributed by atoms with van der Waals surface area (Å²) < 4.78 is 1.82. The second kappa shape index (κ2) is 5.88. The van der Waals surface area contributed by atoms with Gasteiger partial charge in [0.1, 0.15) is 0 Å². The lowest BCUT2D eigenvalue weighted by Gasteiger charge is -2.14. The molecule has 0 aliphatic carbocycles. The molecular weight excluding hydrogens is 190 g/mol. The van der Waals surface area contributed by atoms with E-state index in [0.717, 1.165) is 12.2 Å². The zero-order chi connectivity index (χ0) is 11.3. The summed E-state index contributed by atoms with van der Waals surface area (Å²) in [5, 5.41) is 17.1. The lowest BCUT2D eigenvalue weighted by molar-refractivity contribution is 0.145. The van der Waals surface area contributed by atoms with E-state index in [4.69, 9.17) is 0 Å². The monoisotopic (exact) mass is 211 g/mol. The first-order chi connectivity index (χ1) is 7.09. The number of aliphatic hydroxyl groups excluding tert-OH is 1. The molecule has 1 aromatic heterocycles. The lowest BCUT2D eigenvalue weighted by atomic mass is 10.2. The fourth-order valence-corrected chi connectivity index (χ4v) is 1.39. The Morgan fingerprint density at radius 1 is 1.47 bits per heavy atom. The highest BCUT2D eigenvalue weighted by Gasteiger charge is 2.06. The summed E-state index contributed by atoms with van der Waals surface area (Å²) in [6, 6.07) is 1.94. The first-order valence-electron chi connectivity index (χ1n) is 5.46. The molecular formula is C11H21N3O. The van der Waals surface area contributed by atoms with Crippen LogP contribution in [0.1, 0.15) is 19.5 Å². The molecule has 2 N–H and O–H groups in total. The summed E-state index contributed by atoms with van der Waals surface area (Å²) in [6.07, 6.45) is 1.38. The summed E-state index contributed by atoms with van der Waals surface area (Å²) in [5.74, 6) is 0.614. The van der Waals surface area contributed by atoms with Crippen molar-refractivity contribution in [1.29, 1.82) is 0 Å². The molecule has 0 amide bonds. The Hall–Kier alpha value is -0.870. The SMILES string of the molecule is Cc1ccnn1CC(O)CNCC(C)C. The fraction of sp³-hybridized carbons (Fsp3) is 0.727. The number of aliphatic hydroxyl groups is 1. The predicted molar refractivity (Wildman–Crippen MR) is 60.7 cm³/mol. The van der Waals surface area contributed by atoms with Gasteiger partial charge in [-0.2, -0.15) is 5.10 Å². The summed E-state index contributed by atoms with van der Waals surface area (Å²) in [5.41, 5.74) is 1.08. The van der Waals surface area contributed by atoms with Gasteiger partial charge in [0.15, 0.2) is 0 Å². The summed E-state index contributed by atoms with van der Waals surface area (Å²) in [4.78, 5) is 0. The molecule has 0 aliphatic rings. The van der Waals surface area contributed by atoms with E-state index in [1.54, 1.807) is 6.20 Å². The number of hydrogen-bond donors (Lipinski definition) is 2. The third kappa shape index (κ3) is 4.44. The second-order valence-corrected chi connectivity index (χ2v) is 4.36. The van der Waals surface area contributed by atoms with Crippen LogP contribution in [0.3, 0.4) is 0 Å². The van der Waals surface area contributed by atoms with Gasteiger partial charge in [0.2, 0.25) is 0 Å². The molecule has 0 radical (unpaired) electrons. The maximum Gasteiger partial charge on any atom is 0.0860 e. The molecule has 0 saturated heterocycles. The average Bonchev–Trinajstić information content (AvgIpc) is 2.51. The third-order valence-corrected chi connectivity index (χ3v) is 2.25. The zero-order valence-corrected chi connectivity index (χ0v) is 9.77. The maximum absolute atomic E-state index is 9.73. The molecule has 0 aliphatic heterocycles. The van der Waals surface area contributed by atoms with Gasteiger partial charge in [0, 0.05) is 18.4 Å². The van der Waals surface area contributed by atoms with Crippen molar-refractivity contribution < 1.29 is 5.11 Å². The quantitative estimate of drug-likeness (QED) is 0.731. The summed E-state index contributed by atoms with van der Waals surface area (Å²) in [6.45, 7) is 8.41. The standard InChI is InChI=1S/C11H21N3O/c1-9(2)6-12-7-11(15)8-14-10(3)4-5-13-14/h4-5,9,11-12,15H,6-8H2,1-3H3. The van der Waals surface area contributed by atoms with E-state index >= 15 is 0 Å². The van der Waals surface area contributed by atoms with Crippen molar-refractivity contribution >= 4 is 0 Å². The van der Waals surface area contributed by atoms with E-state index in [1.165, 1.54) is 0 Å². The van der Waals surface area contributed by atoms with Crippen molar-refractivity contribution in [3.05, 3.63) is 18.0 Å². The molecule has 0 bridgehead atoms. The van der Waals surface area contributed by atoms with Gasteiger partial charge in [0.25, 0.3) is 0 Å². The average molecular weight is 211 g/mol. The van der Waals surface area contributed by atoms with Gasteiger partial charge in [-0.3, -0.25) is 4.68 Å². The van der Waals surface area contributed by atoms with Crippen molar-refractivity contribution in [2.75, 3.05) is 13.1 Å². The zero-order valence-electron chi connectivity index (χ0n) is 9.77. The highest BCUT2D eigenvalue weighted by atomic mass is 16.3. The van der Waals surface area contributed by atoms with Gasteiger partial charge < -0.3 is 10.4 Å². The van der Waals surface area contributed by atoms with Gasteiger partial charge in [-0.05, 0) is 25.5 Å². The molecule has 1 aromatic rings. The van der Waals surface area contributed by atoms with Crippen molar-refractivity contribution in [3.63, 3.8) is 0 Å². The highest BCUT2D eigenvalue weighted by Crippen LogP contribution is 1.98. The number of aromatic nitrogens is 2. The van der Waals surface area contributed by atoms with E-state index in [1.807, 2.05) is 17.7 Å². The van der Waals surface area contributed by atoms with Crippen LogP contribution < -0.4 is 5.32 Å². The molecule has 1 atom stereocenters. The van der Waals surface area contributed by atoms with E-state index in [2.05, 4.69) is 24.3 Å². The van der Waals surface area contributed by atoms with Crippen LogP contribution in [-0.4, -0.2) is 34.1 Å². The molecule has 1 unspecified atom stereocenters. The molecule has 0 spiro atoms. The Bertz CT molecular complexity index is 283. The van der Waals surface area contributed by atoms with Crippen molar-refractivity contribution in [2.24, 2.45) is 5.92 Å². The predicted octanol–water partition coefficient (Wildman–Crippen LogP) is 0.798. The minimum Gasteiger partial charge on any atom is -0.390 e. The normalized spacial score (nSPS) is 13.4. The highest BCUT2D eigenvalue weighted by molar-refractivity contribution is 4.96. The van der Waals surface area contributed by atoms with E-state index in [9.17, 15) is 5.11 Å². The topological polar surface area (TPSA) is 50.1 Å². The maximum atomic E-state index is 9.73. The third-order valence-electron chi connectivity index (χ3n) is 2.25. The van der Waals surface area contributed by atoms with E-state index in [0.29, 0.717) is 19.0 Å². The Balaban J connectivity index is 2.24. The first-order valence-corrected chi connectivity index (χ1v) is 5.46. The van der Waals surface area contributed by atoms with E-state index in [-0.39, 0.29) is 6.10 Å². The Labute approximate surface area is 91.3 Å². The molecule has 4 nitrogen and oxygen atoms in total. The van der Waals surface area contributed by atoms with Crippen LogP contribution in [-0.2, 0) is 6.54 Å². The molecule has 86 valence electrons. The van der Waals surface area contributed by atoms with Crippen LogP contribution in [0.15, 0.2) is 12.3 Å². The molecule has 0 aromatic carbocycles. The molecule has 1 rings (SSSR count). The second-order valence-electron chi connectivity index (χ2n) is 4.36. The first kappa shape index (κ1) is 12.2. The number of hydrogen-bond acceptors (Lipinski definition) is 3. The van der Waals surface area contributed by atoms with Crippen molar-refractivity contribution in [3.8, 4) is 0 Å². The van der Waals surface area contributed by atoms with Crippen LogP contribution in [0.25, 0.3) is 0 Å². The van der Waals surface area contributed by atoms with Crippen molar-refractivity contribution in [2.45, 2.75) is 33.4 Å². The molecule has 15 heavy (non-hydrogen) atoms. The van der Waals surface area contributed by atoms with Crippen LogP contribution >= 0.6 is 0 Å². The summed E-state index contributed by atoms with van der Waals surface area (Å²) >= 11 is 0. The largest absolute Gasteiger partial charge is 0.390 e. The van der Waals surface area contributed by atoms with Gasteiger partial charge in [0.05, 0.1) is 12.6 Å². The van der Waals surface area contributed by atoms with Crippen LogP contribution in [0.5, 0.6) is 0 Å². The minimum atomic E-state index is -0.373. The summed E-state index contributed by atoms with van der Waals surface area (Å²) in [7, 11) is 0. The minimum absolute atomic E-state index is 0.373. The molecule has 0 fully saturated rings. The molecule has 4 heteroatoms. The van der Waals surface area contributed by atoms with Crippen LogP contribution in [0.2, 0.25) is 0 Å². The van der Waals surface area contributed by atoms with E-state index < -0.39 is 0 Å². The number of aryl methyl sites for hydroxylation is 1. The number of nitrogens with zero attached hydrogens (tertiary/aromatic N) is 2. The van der Waals surface area contributed by atoms with Crippen LogP contribution in [0, 0.1) is 12.8 Å². The van der Waals surface area contributed by atoms with Gasteiger partial charge in [-0.15, -0.1) is 0 Å². The molecule has 1 heterocycles. The Morgan fingerprint density at radius 3 is 2.73 bits per heavy atom. The lowest BCUT2D eigenvalue weighted by Crippen LogP contribution is -2.32.